The highest BCUT2D eigenvalue weighted by molar-refractivity contribution is 5.83. The lowest BCUT2D eigenvalue weighted by molar-refractivity contribution is 0.997. The van der Waals surface area contributed by atoms with Crippen molar-refractivity contribution in [1.82, 2.24) is 10.5 Å². The van der Waals surface area contributed by atoms with E-state index in [9.17, 15) is 0 Å². The molecule has 1 aliphatic heterocycles. The van der Waals surface area contributed by atoms with E-state index in [-0.39, 0.29) is 0 Å². The van der Waals surface area contributed by atoms with Gasteiger partial charge in [0.2, 0.25) is 0 Å². The van der Waals surface area contributed by atoms with Gasteiger partial charge in [-0.3, -0.25) is 5.43 Å². The Morgan fingerprint density at radius 3 is 2.71 bits per heavy atom. The number of nitrogen functional groups attached to an aromatic ring is 1. The second kappa shape index (κ2) is 4.64. The number of nitrogens with two attached hydrogens (primary N) is 1. The molecule has 2 heterocycles. The van der Waals surface area contributed by atoms with Crippen molar-refractivity contribution >= 4 is 28.1 Å². The minimum Gasteiger partial charge on any atom is -0.384 e. The topological polar surface area (TPSA) is 75.0 Å². The zero-order valence-electron chi connectivity index (χ0n) is 11.4. The summed E-state index contributed by atoms with van der Waals surface area (Å²) in [6, 6.07) is 16.8. The van der Waals surface area contributed by atoms with Crippen molar-refractivity contribution in [3.8, 4) is 0 Å². The number of nitrogens with zero attached hydrogens (tertiary/aromatic N) is 1. The molecule has 0 fully saturated rings. The van der Waals surface area contributed by atoms with E-state index in [1.165, 1.54) is 16.3 Å². The molecule has 0 bridgehead atoms. The molecule has 104 valence electrons. The van der Waals surface area contributed by atoms with Gasteiger partial charge < -0.3 is 11.2 Å². The Hall–Kier alpha value is -2.79. The molecule has 5 nitrogen and oxygen atoms in total. The number of nitrogens with one attached hydrogen (secondary N) is 3. The first kappa shape index (κ1) is 12.0. The normalized spacial score (nSPS) is 12.8. The van der Waals surface area contributed by atoms with E-state index >= 15 is 0 Å². The highest BCUT2D eigenvalue weighted by Crippen LogP contribution is 2.30. The summed E-state index contributed by atoms with van der Waals surface area (Å²) in [5.74, 6) is 1.26. The van der Waals surface area contributed by atoms with E-state index in [0.717, 1.165) is 23.5 Å². The predicted molar refractivity (Wildman–Crippen MR) is 85.8 cm³/mol. The van der Waals surface area contributed by atoms with Crippen LogP contribution >= 0.6 is 0 Å². The quantitative estimate of drug-likeness (QED) is 0.579. The Morgan fingerprint density at radius 1 is 0.952 bits per heavy atom. The molecule has 0 spiro atoms. The van der Waals surface area contributed by atoms with Crippen molar-refractivity contribution in [2.24, 2.45) is 0 Å². The molecular formula is C16H15N5. The number of fused-ring (bicyclic) bond motifs is 2. The molecule has 1 aromatic heterocycles. The zero-order valence-corrected chi connectivity index (χ0v) is 11.4. The second-order valence-electron chi connectivity index (χ2n) is 5.16. The van der Waals surface area contributed by atoms with E-state index in [4.69, 9.17) is 5.73 Å². The van der Waals surface area contributed by atoms with Crippen LogP contribution in [0, 0.1) is 0 Å². The lowest BCUT2D eigenvalue weighted by Crippen LogP contribution is -2.19. The van der Waals surface area contributed by atoms with E-state index in [0.29, 0.717) is 5.82 Å². The van der Waals surface area contributed by atoms with Crippen LogP contribution in [-0.2, 0) is 6.42 Å². The van der Waals surface area contributed by atoms with E-state index in [2.05, 4.69) is 63.8 Å². The van der Waals surface area contributed by atoms with Crippen LogP contribution in [0.4, 0.5) is 17.3 Å². The molecule has 0 amide bonds. The van der Waals surface area contributed by atoms with Crippen molar-refractivity contribution in [2.75, 3.05) is 16.6 Å². The van der Waals surface area contributed by atoms with Crippen LogP contribution in [0.15, 0.2) is 48.5 Å². The lowest BCUT2D eigenvalue weighted by atomic mass is 10.0. The molecule has 1 aliphatic rings. The number of pyridine rings is 1. The lowest BCUT2D eigenvalue weighted by Gasteiger charge is -2.09. The first-order chi connectivity index (χ1) is 10.3. The number of rotatable bonds is 2. The van der Waals surface area contributed by atoms with Gasteiger partial charge in [0.15, 0.2) is 5.82 Å². The average Bonchev–Trinajstić information content (AvgIpc) is 2.95. The molecule has 21 heavy (non-hydrogen) atoms. The number of anilines is 3. The van der Waals surface area contributed by atoms with E-state index in [1.807, 2.05) is 6.07 Å². The van der Waals surface area contributed by atoms with E-state index < -0.39 is 0 Å². The van der Waals surface area contributed by atoms with Gasteiger partial charge >= 0.3 is 0 Å². The van der Waals surface area contributed by atoms with Crippen LogP contribution in [0.1, 0.15) is 11.1 Å². The van der Waals surface area contributed by atoms with Gasteiger partial charge in [0.1, 0.15) is 5.82 Å². The Balaban J connectivity index is 1.75. The van der Waals surface area contributed by atoms with Crippen molar-refractivity contribution in [3.05, 3.63) is 59.7 Å². The fourth-order valence-corrected chi connectivity index (χ4v) is 2.71. The third-order valence-electron chi connectivity index (χ3n) is 3.70. The van der Waals surface area contributed by atoms with Gasteiger partial charge in [0, 0.05) is 0 Å². The Kier molecular flexibility index (Phi) is 2.65. The first-order valence-electron chi connectivity index (χ1n) is 6.84. The maximum absolute atomic E-state index is 5.87. The molecule has 0 saturated carbocycles. The van der Waals surface area contributed by atoms with Crippen LogP contribution in [0.3, 0.4) is 0 Å². The van der Waals surface area contributed by atoms with Gasteiger partial charge in [0.25, 0.3) is 0 Å². The summed E-state index contributed by atoms with van der Waals surface area (Å²) in [6.07, 6.45) is 0.802. The number of benzene rings is 2. The third kappa shape index (κ3) is 2.13. The molecule has 0 saturated heterocycles. The van der Waals surface area contributed by atoms with Crippen LogP contribution in [-0.4, -0.2) is 4.98 Å². The molecule has 5 heteroatoms. The minimum atomic E-state index is 0.516. The summed E-state index contributed by atoms with van der Waals surface area (Å²) < 4.78 is 0. The van der Waals surface area contributed by atoms with Crippen LogP contribution in [0.5, 0.6) is 0 Å². The second-order valence-corrected chi connectivity index (χ2v) is 5.16. The number of hydrogen-bond donors (Lipinski definition) is 4. The van der Waals surface area contributed by atoms with Gasteiger partial charge in [-0.15, -0.1) is 5.53 Å². The first-order valence-corrected chi connectivity index (χ1v) is 6.84. The van der Waals surface area contributed by atoms with Gasteiger partial charge in [0.05, 0.1) is 5.69 Å². The molecule has 0 radical (unpaired) electrons. The fraction of sp³-hybridized carbons (Fsp3) is 0.0625. The van der Waals surface area contributed by atoms with Gasteiger partial charge in [-0.25, -0.2) is 4.98 Å². The maximum Gasteiger partial charge on any atom is 0.169 e. The summed E-state index contributed by atoms with van der Waals surface area (Å²) in [7, 11) is 0. The molecule has 5 N–H and O–H groups in total. The standard InChI is InChI=1S/C16H15N5/c17-14-9-13(15-16(18-14)20-21-19-15)8-10-5-6-11-3-1-2-4-12(11)7-10/h1-7,9,19,21H,8H2,(H3,17,18,20). The SMILES string of the molecule is Nc1cc(Cc2ccc3ccccc3c2)c2c(n1)NNN2. The smallest absolute Gasteiger partial charge is 0.169 e. The van der Waals surface area contributed by atoms with Crippen LogP contribution < -0.4 is 22.1 Å². The predicted octanol–water partition coefficient (Wildman–Crippen LogP) is 2.66. The third-order valence-corrected chi connectivity index (χ3v) is 3.70. The Morgan fingerprint density at radius 2 is 1.81 bits per heavy atom. The summed E-state index contributed by atoms with van der Waals surface area (Å²) >= 11 is 0. The van der Waals surface area contributed by atoms with Gasteiger partial charge in [-0.1, -0.05) is 42.5 Å². The summed E-state index contributed by atoms with van der Waals surface area (Å²) in [4.78, 5) is 4.25. The number of aromatic nitrogens is 1. The van der Waals surface area contributed by atoms with Crippen molar-refractivity contribution in [1.29, 1.82) is 0 Å². The summed E-state index contributed by atoms with van der Waals surface area (Å²) in [6.45, 7) is 0. The maximum atomic E-state index is 5.87. The van der Waals surface area contributed by atoms with Crippen molar-refractivity contribution < 1.29 is 0 Å². The molecule has 2 aromatic carbocycles. The van der Waals surface area contributed by atoms with Gasteiger partial charge in [-0.05, 0) is 34.4 Å². The highest BCUT2D eigenvalue weighted by Gasteiger charge is 2.16. The molecular weight excluding hydrogens is 262 g/mol. The Labute approximate surface area is 122 Å². The molecule has 0 atom stereocenters. The molecule has 3 aromatic rings. The molecule has 4 rings (SSSR count). The zero-order chi connectivity index (χ0) is 14.2. The van der Waals surface area contributed by atoms with E-state index in [1.54, 1.807) is 0 Å². The Bertz CT molecular complexity index is 828. The molecule has 0 aliphatic carbocycles. The largest absolute Gasteiger partial charge is 0.384 e. The monoisotopic (exact) mass is 277 g/mol. The minimum absolute atomic E-state index is 0.516. The highest BCUT2D eigenvalue weighted by atomic mass is 15.6. The fourth-order valence-electron chi connectivity index (χ4n) is 2.71. The van der Waals surface area contributed by atoms with Crippen molar-refractivity contribution in [3.63, 3.8) is 0 Å². The number of hydrazine groups is 2. The summed E-state index contributed by atoms with van der Waals surface area (Å²) in [5, 5.41) is 2.50. The van der Waals surface area contributed by atoms with Gasteiger partial charge in [-0.2, -0.15) is 0 Å². The molecule has 0 unspecified atom stereocenters. The van der Waals surface area contributed by atoms with Crippen molar-refractivity contribution in [2.45, 2.75) is 6.42 Å². The number of hydrogen-bond acceptors (Lipinski definition) is 5. The van der Waals surface area contributed by atoms with Crippen LogP contribution in [0.2, 0.25) is 0 Å². The van der Waals surface area contributed by atoms with Crippen LogP contribution in [0.25, 0.3) is 10.8 Å². The average molecular weight is 277 g/mol. The summed E-state index contributed by atoms with van der Waals surface area (Å²) in [5.41, 5.74) is 18.1.